The summed E-state index contributed by atoms with van der Waals surface area (Å²) in [6, 6.07) is 12.8. The van der Waals surface area contributed by atoms with Crippen LogP contribution >= 0.6 is 0 Å². The van der Waals surface area contributed by atoms with Gasteiger partial charge in [0.25, 0.3) is 0 Å². The minimum atomic E-state index is -0.470. The van der Waals surface area contributed by atoms with Gasteiger partial charge in [-0.05, 0) is 43.3 Å². The first kappa shape index (κ1) is 17.5. The van der Waals surface area contributed by atoms with E-state index in [4.69, 9.17) is 14.2 Å². The van der Waals surface area contributed by atoms with E-state index in [0.29, 0.717) is 11.6 Å². The van der Waals surface area contributed by atoms with Crippen molar-refractivity contribution in [3.8, 4) is 28.6 Å². The lowest BCUT2D eigenvalue weighted by Gasteiger charge is -2.08. The molecule has 0 aliphatic carbocycles. The maximum absolute atomic E-state index is 12.1. The zero-order valence-corrected chi connectivity index (χ0v) is 14.8. The van der Waals surface area contributed by atoms with E-state index in [2.05, 4.69) is 10.1 Å². The third-order valence-electron chi connectivity index (χ3n) is 3.75. The lowest BCUT2D eigenvalue weighted by Crippen LogP contribution is -2.07. The van der Waals surface area contributed by atoms with Gasteiger partial charge in [-0.3, -0.25) is 0 Å². The van der Waals surface area contributed by atoms with E-state index in [-0.39, 0.29) is 12.3 Å². The molecule has 0 spiro atoms. The van der Waals surface area contributed by atoms with Gasteiger partial charge in [0.05, 0.1) is 38.4 Å². The number of aromatic nitrogens is 3. The van der Waals surface area contributed by atoms with Crippen LogP contribution in [0.3, 0.4) is 0 Å². The Kier molecular flexibility index (Phi) is 5.17. The van der Waals surface area contributed by atoms with E-state index >= 15 is 0 Å². The van der Waals surface area contributed by atoms with Crippen LogP contribution in [0.25, 0.3) is 16.9 Å². The van der Waals surface area contributed by atoms with Crippen molar-refractivity contribution >= 4 is 5.97 Å². The Morgan fingerprint density at radius 3 is 2.42 bits per heavy atom. The number of esters is 1. The second-order valence-electron chi connectivity index (χ2n) is 5.33. The van der Waals surface area contributed by atoms with Crippen LogP contribution in [0.2, 0.25) is 0 Å². The normalized spacial score (nSPS) is 10.4. The summed E-state index contributed by atoms with van der Waals surface area (Å²) in [6.45, 7) is 2.04. The van der Waals surface area contributed by atoms with Gasteiger partial charge in [0.15, 0.2) is 5.69 Å². The Bertz CT molecular complexity index is 821. The average Bonchev–Trinajstić information content (AvgIpc) is 3.14. The Balaban J connectivity index is 2.08. The molecule has 0 aliphatic heterocycles. The third-order valence-corrected chi connectivity index (χ3v) is 3.75. The highest BCUT2D eigenvalue weighted by Gasteiger charge is 2.18. The summed E-state index contributed by atoms with van der Waals surface area (Å²) < 4.78 is 17.0. The highest BCUT2D eigenvalue weighted by molar-refractivity contribution is 5.89. The van der Waals surface area contributed by atoms with Gasteiger partial charge in [0.1, 0.15) is 5.75 Å². The van der Waals surface area contributed by atoms with Crippen molar-refractivity contribution in [3.05, 3.63) is 54.4 Å². The zero-order chi connectivity index (χ0) is 18.5. The number of ether oxygens (including phenoxy) is 3. The number of pyridine rings is 1. The van der Waals surface area contributed by atoms with Crippen LogP contribution in [0.1, 0.15) is 17.4 Å². The summed E-state index contributed by atoms with van der Waals surface area (Å²) in [5.74, 6) is 0.775. The fourth-order valence-electron chi connectivity index (χ4n) is 2.47. The lowest BCUT2D eigenvalue weighted by atomic mass is 10.1. The molecule has 0 saturated carbocycles. The molecule has 2 heterocycles. The lowest BCUT2D eigenvalue weighted by molar-refractivity contribution is 0.0519. The van der Waals surface area contributed by atoms with E-state index in [1.165, 1.54) is 0 Å². The Hall–Kier alpha value is -3.35. The smallest absolute Gasteiger partial charge is 0.358 e. The highest BCUT2D eigenvalue weighted by Crippen LogP contribution is 2.26. The number of carbonyl (C=O) groups excluding carboxylic acids is 1. The molecule has 0 unspecified atom stereocenters. The molecule has 0 N–H and O–H groups in total. The number of hydrogen-bond donors (Lipinski definition) is 0. The topological polar surface area (TPSA) is 75.5 Å². The van der Waals surface area contributed by atoms with Gasteiger partial charge < -0.3 is 14.2 Å². The second kappa shape index (κ2) is 7.69. The Labute approximate surface area is 151 Å². The van der Waals surface area contributed by atoms with Crippen LogP contribution in [0.4, 0.5) is 0 Å². The second-order valence-corrected chi connectivity index (χ2v) is 5.33. The molecule has 3 aromatic rings. The van der Waals surface area contributed by atoms with Crippen LogP contribution in [0.15, 0.2) is 48.7 Å². The average molecular weight is 353 g/mol. The summed E-state index contributed by atoms with van der Waals surface area (Å²) in [6.07, 6.45) is 1.63. The van der Waals surface area contributed by atoms with E-state index in [1.807, 2.05) is 30.3 Å². The molecule has 7 heteroatoms. The maximum Gasteiger partial charge on any atom is 0.358 e. The van der Waals surface area contributed by atoms with E-state index in [1.54, 1.807) is 44.2 Å². The van der Waals surface area contributed by atoms with Crippen molar-refractivity contribution in [3.63, 3.8) is 0 Å². The zero-order valence-electron chi connectivity index (χ0n) is 14.8. The molecule has 0 bridgehead atoms. The van der Waals surface area contributed by atoms with Crippen molar-refractivity contribution in [2.45, 2.75) is 6.92 Å². The van der Waals surface area contributed by atoms with Gasteiger partial charge in [-0.1, -0.05) is 0 Å². The SMILES string of the molecule is CCOC(=O)c1cc(-c2ccc(OC)cc2)n(-c2ccc(OC)nc2)n1. The van der Waals surface area contributed by atoms with Gasteiger partial charge in [-0.15, -0.1) is 0 Å². The predicted octanol–water partition coefficient (Wildman–Crippen LogP) is 3.13. The molecule has 0 saturated heterocycles. The molecule has 0 fully saturated rings. The van der Waals surface area contributed by atoms with Gasteiger partial charge in [0, 0.05) is 11.6 Å². The van der Waals surface area contributed by atoms with Crippen molar-refractivity contribution < 1.29 is 19.0 Å². The third kappa shape index (κ3) is 3.51. The number of rotatable bonds is 6. The van der Waals surface area contributed by atoms with Crippen molar-refractivity contribution in [1.29, 1.82) is 0 Å². The van der Waals surface area contributed by atoms with E-state index < -0.39 is 5.97 Å². The Morgan fingerprint density at radius 1 is 1.08 bits per heavy atom. The molecule has 0 radical (unpaired) electrons. The summed E-state index contributed by atoms with van der Waals surface area (Å²) in [5.41, 5.74) is 2.55. The van der Waals surface area contributed by atoms with Gasteiger partial charge >= 0.3 is 5.97 Å². The first-order chi connectivity index (χ1) is 12.7. The molecule has 26 heavy (non-hydrogen) atoms. The van der Waals surface area contributed by atoms with Gasteiger partial charge in [0.2, 0.25) is 5.88 Å². The molecule has 2 aromatic heterocycles. The largest absolute Gasteiger partial charge is 0.497 e. The first-order valence-corrected chi connectivity index (χ1v) is 8.08. The van der Waals surface area contributed by atoms with Crippen molar-refractivity contribution in [2.24, 2.45) is 0 Å². The Morgan fingerprint density at radius 2 is 1.85 bits per heavy atom. The summed E-state index contributed by atoms with van der Waals surface area (Å²) >= 11 is 0. The molecule has 0 atom stereocenters. The minimum Gasteiger partial charge on any atom is -0.497 e. The quantitative estimate of drug-likeness (QED) is 0.634. The fraction of sp³-hybridized carbons (Fsp3) is 0.211. The maximum atomic E-state index is 12.1. The van der Waals surface area contributed by atoms with Gasteiger partial charge in [-0.2, -0.15) is 5.10 Å². The summed E-state index contributed by atoms with van der Waals surface area (Å²) in [5, 5.41) is 4.40. The predicted molar refractivity (Wildman–Crippen MR) is 95.9 cm³/mol. The number of hydrogen-bond acceptors (Lipinski definition) is 6. The highest BCUT2D eigenvalue weighted by atomic mass is 16.5. The van der Waals surface area contributed by atoms with Crippen LogP contribution in [-0.2, 0) is 4.74 Å². The van der Waals surface area contributed by atoms with E-state index in [9.17, 15) is 4.79 Å². The number of benzene rings is 1. The molecule has 3 rings (SSSR count). The van der Waals surface area contributed by atoms with Crippen LogP contribution in [0.5, 0.6) is 11.6 Å². The molecular weight excluding hydrogens is 334 g/mol. The standard InChI is InChI=1S/C19H19N3O4/c1-4-26-19(23)16-11-17(13-5-8-15(24-2)9-6-13)22(21-16)14-7-10-18(25-3)20-12-14/h5-12H,4H2,1-3H3. The monoisotopic (exact) mass is 353 g/mol. The van der Waals surface area contributed by atoms with Crippen LogP contribution < -0.4 is 9.47 Å². The van der Waals surface area contributed by atoms with Crippen LogP contribution in [-0.4, -0.2) is 41.6 Å². The summed E-state index contributed by atoms with van der Waals surface area (Å²) in [4.78, 5) is 16.3. The summed E-state index contributed by atoms with van der Waals surface area (Å²) in [7, 11) is 3.17. The molecule has 1 aromatic carbocycles. The minimum absolute atomic E-state index is 0.230. The fourth-order valence-corrected chi connectivity index (χ4v) is 2.47. The molecular formula is C19H19N3O4. The first-order valence-electron chi connectivity index (χ1n) is 8.08. The van der Waals surface area contributed by atoms with E-state index in [0.717, 1.165) is 17.0 Å². The van der Waals surface area contributed by atoms with Gasteiger partial charge in [-0.25, -0.2) is 14.5 Å². The molecule has 0 aliphatic rings. The number of nitrogens with zero attached hydrogens (tertiary/aromatic N) is 3. The van der Waals surface area contributed by atoms with Crippen molar-refractivity contribution in [1.82, 2.24) is 14.8 Å². The number of carbonyl (C=O) groups is 1. The molecule has 7 nitrogen and oxygen atoms in total. The molecule has 0 amide bonds. The van der Waals surface area contributed by atoms with Crippen molar-refractivity contribution in [2.75, 3.05) is 20.8 Å². The molecule has 134 valence electrons. The van der Waals surface area contributed by atoms with Crippen LogP contribution in [0, 0.1) is 0 Å². The number of methoxy groups -OCH3 is 2.